The number of anilines is 1. The van der Waals surface area contributed by atoms with E-state index in [9.17, 15) is 4.79 Å². The number of nitrogens with zero attached hydrogens (tertiary/aromatic N) is 2. The Morgan fingerprint density at radius 2 is 2.09 bits per heavy atom. The van der Waals surface area contributed by atoms with Crippen molar-refractivity contribution in [3.63, 3.8) is 0 Å². The van der Waals surface area contributed by atoms with Crippen LogP contribution in [0.5, 0.6) is 0 Å². The molecule has 0 bridgehead atoms. The van der Waals surface area contributed by atoms with Crippen molar-refractivity contribution in [3.05, 3.63) is 11.1 Å². The van der Waals surface area contributed by atoms with Crippen molar-refractivity contribution in [2.24, 2.45) is 11.8 Å². The maximum absolute atomic E-state index is 11.8. The molecule has 0 saturated heterocycles. The molecule has 1 N–H and O–H groups in total. The zero-order valence-corrected chi connectivity index (χ0v) is 14.8. The molecule has 4 nitrogen and oxygen atoms in total. The smallest absolute Gasteiger partial charge is 0.225 e. The lowest BCUT2D eigenvalue weighted by Gasteiger charge is -2.29. The van der Waals surface area contributed by atoms with Crippen LogP contribution in [-0.4, -0.2) is 23.0 Å². The SMILES string of the molecule is CC(=O)N(c1nc(CN[C@H]2CCC[C@@H](C3CC3)C2)cs1)C1CC1. The lowest BCUT2D eigenvalue weighted by Crippen LogP contribution is -2.34. The normalized spacial score (nSPS) is 27.9. The molecular weight excluding hydrogens is 306 g/mol. The van der Waals surface area contributed by atoms with E-state index in [1.54, 1.807) is 18.3 Å². The van der Waals surface area contributed by atoms with Gasteiger partial charge in [0.15, 0.2) is 5.13 Å². The molecule has 3 fully saturated rings. The number of carbonyl (C=O) groups excluding carboxylic acids is 1. The summed E-state index contributed by atoms with van der Waals surface area (Å²) in [5, 5.41) is 6.72. The number of aromatic nitrogens is 1. The van der Waals surface area contributed by atoms with Crippen LogP contribution < -0.4 is 10.2 Å². The predicted octanol–water partition coefficient (Wildman–Crippen LogP) is 3.72. The third kappa shape index (κ3) is 3.77. The minimum absolute atomic E-state index is 0.126. The van der Waals surface area contributed by atoms with Crippen molar-refractivity contribution in [3.8, 4) is 0 Å². The highest BCUT2D eigenvalue weighted by Gasteiger charge is 2.35. The van der Waals surface area contributed by atoms with Gasteiger partial charge in [0, 0.05) is 30.9 Å². The summed E-state index contributed by atoms with van der Waals surface area (Å²) in [5.74, 6) is 2.13. The van der Waals surface area contributed by atoms with Gasteiger partial charge in [0.25, 0.3) is 0 Å². The monoisotopic (exact) mass is 333 g/mol. The van der Waals surface area contributed by atoms with Gasteiger partial charge in [-0.15, -0.1) is 11.3 Å². The van der Waals surface area contributed by atoms with Crippen molar-refractivity contribution >= 4 is 22.4 Å². The van der Waals surface area contributed by atoms with Crippen LogP contribution in [0.25, 0.3) is 0 Å². The molecule has 3 saturated carbocycles. The average Bonchev–Trinajstić information content (AvgIpc) is 3.44. The van der Waals surface area contributed by atoms with Crippen molar-refractivity contribution < 1.29 is 4.79 Å². The standard InChI is InChI=1S/C18H27N3OS/c1-12(22)21(17-7-8-17)18-20-16(11-23-18)10-19-15-4-2-3-14(9-15)13-5-6-13/h11,13-15,17,19H,2-10H2,1H3/t14-,15+/m1/s1. The van der Waals surface area contributed by atoms with E-state index in [1.807, 2.05) is 4.90 Å². The van der Waals surface area contributed by atoms with E-state index < -0.39 is 0 Å². The van der Waals surface area contributed by atoms with Crippen LogP contribution in [0.2, 0.25) is 0 Å². The summed E-state index contributed by atoms with van der Waals surface area (Å²) >= 11 is 1.61. The molecular formula is C18H27N3OS. The first-order valence-electron chi connectivity index (χ1n) is 9.18. The highest BCUT2D eigenvalue weighted by molar-refractivity contribution is 7.14. The van der Waals surface area contributed by atoms with Crippen molar-refractivity contribution in [1.82, 2.24) is 10.3 Å². The zero-order valence-electron chi connectivity index (χ0n) is 14.0. The molecule has 0 radical (unpaired) electrons. The van der Waals surface area contributed by atoms with E-state index >= 15 is 0 Å². The average molecular weight is 334 g/mol. The summed E-state index contributed by atoms with van der Waals surface area (Å²) in [4.78, 5) is 18.4. The molecule has 0 unspecified atom stereocenters. The summed E-state index contributed by atoms with van der Waals surface area (Å²) in [6.45, 7) is 2.49. The Hall–Kier alpha value is -0.940. The van der Waals surface area contributed by atoms with Crippen LogP contribution in [-0.2, 0) is 11.3 Å². The first-order valence-corrected chi connectivity index (χ1v) is 10.1. The molecule has 2 atom stereocenters. The van der Waals surface area contributed by atoms with Gasteiger partial charge in [-0.1, -0.05) is 12.8 Å². The lowest BCUT2D eigenvalue weighted by molar-refractivity contribution is -0.116. The van der Waals surface area contributed by atoms with E-state index in [1.165, 1.54) is 38.5 Å². The van der Waals surface area contributed by atoms with Crippen molar-refractivity contribution in [2.45, 2.75) is 76.9 Å². The quantitative estimate of drug-likeness (QED) is 0.863. The molecule has 3 aliphatic carbocycles. The molecule has 0 spiro atoms. The Bertz CT molecular complexity index is 564. The largest absolute Gasteiger partial charge is 0.308 e. The molecule has 1 heterocycles. The Morgan fingerprint density at radius 1 is 1.26 bits per heavy atom. The van der Waals surface area contributed by atoms with Gasteiger partial charge in [-0.3, -0.25) is 9.69 Å². The predicted molar refractivity (Wildman–Crippen MR) is 93.6 cm³/mol. The highest BCUT2D eigenvalue weighted by atomic mass is 32.1. The molecule has 4 rings (SSSR count). The number of rotatable bonds is 6. The molecule has 0 aliphatic heterocycles. The van der Waals surface area contributed by atoms with Gasteiger partial charge in [-0.05, 0) is 50.4 Å². The van der Waals surface area contributed by atoms with Crippen LogP contribution in [0.15, 0.2) is 5.38 Å². The summed E-state index contributed by atoms with van der Waals surface area (Å²) in [6, 6.07) is 1.06. The zero-order chi connectivity index (χ0) is 15.8. The van der Waals surface area contributed by atoms with E-state index in [0.717, 1.165) is 42.0 Å². The second-order valence-corrected chi connectivity index (χ2v) is 8.42. The Balaban J connectivity index is 1.31. The molecule has 0 aromatic carbocycles. The first-order chi connectivity index (χ1) is 11.2. The van der Waals surface area contributed by atoms with Gasteiger partial charge in [-0.2, -0.15) is 0 Å². The molecule has 1 aromatic heterocycles. The molecule has 23 heavy (non-hydrogen) atoms. The van der Waals surface area contributed by atoms with Gasteiger partial charge >= 0.3 is 0 Å². The maximum Gasteiger partial charge on any atom is 0.225 e. The van der Waals surface area contributed by atoms with Crippen LogP contribution in [0.1, 0.15) is 64.0 Å². The second-order valence-electron chi connectivity index (χ2n) is 7.58. The topological polar surface area (TPSA) is 45.2 Å². The van der Waals surface area contributed by atoms with Gasteiger partial charge in [-0.25, -0.2) is 4.98 Å². The fourth-order valence-electron chi connectivity index (χ4n) is 4.03. The van der Waals surface area contributed by atoms with Crippen LogP contribution in [0.4, 0.5) is 5.13 Å². The minimum atomic E-state index is 0.126. The van der Waals surface area contributed by atoms with Gasteiger partial charge in [0.05, 0.1) is 5.69 Å². The Labute approximate surface area is 142 Å². The van der Waals surface area contributed by atoms with Crippen molar-refractivity contribution in [2.75, 3.05) is 4.90 Å². The number of hydrogen-bond acceptors (Lipinski definition) is 4. The Kier molecular flexibility index (Phi) is 4.41. The minimum Gasteiger partial charge on any atom is -0.308 e. The first kappa shape index (κ1) is 15.6. The highest BCUT2D eigenvalue weighted by Crippen LogP contribution is 2.44. The molecule has 126 valence electrons. The number of hydrogen-bond donors (Lipinski definition) is 1. The molecule has 3 aliphatic rings. The number of thiazole rings is 1. The number of nitrogens with one attached hydrogen (secondary N) is 1. The van der Waals surface area contributed by atoms with E-state index in [-0.39, 0.29) is 5.91 Å². The summed E-state index contributed by atoms with van der Waals surface area (Å²) in [7, 11) is 0. The molecule has 1 amide bonds. The van der Waals surface area contributed by atoms with E-state index in [0.29, 0.717) is 12.1 Å². The lowest BCUT2D eigenvalue weighted by atomic mass is 9.83. The van der Waals surface area contributed by atoms with Crippen molar-refractivity contribution in [1.29, 1.82) is 0 Å². The van der Waals surface area contributed by atoms with Crippen LogP contribution >= 0.6 is 11.3 Å². The van der Waals surface area contributed by atoms with Crippen LogP contribution in [0.3, 0.4) is 0 Å². The third-order valence-electron chi connectivity index (χ3n) is 5.57. The maximum atomic E-state index is 11.8. The summed E-state index contributed by atoms with van der Waals surface area (Å²) in [5.41, 5.74) is 1.09. The fourth-order valence-corrected chi connectivity index (χ4v) is 4.97. The third-order valence-corrected chi connectivity index (χ3v) is 6.46. The summed E-state index contributed by atoms with van der Waals surface area (Å²) in [6.07, 6.45) is 10.7. The molecule has 1 aromatic rings. The van der Waals surface area contributed by atoms with Gasteiger partial charge < -0.3 is 5.32 Å². The van der Waals surface area contributed by atoms with E-state index in [2.05, 4.69) is 10.7 Å². The number of amides is 1. The van der Waals surface area contributed by atoms with Gasteiger partial charge in [0.1, 0.15) is 0 Å². The molecule has 5 heteroatoms. The van der Waals surface area contributed by atoms with Gasteiger partial charge in [0.2, 0.25) is 5.91 Å². The van der Waals surface area contributed by atoms with E-state index in [4.69, 9.17) is 4.98 Å². The number of carbonyl (C=O) groups is 1. The second kappa shape index (κ2) is 6.52. The summed E-state index contributed by atoms with van der Waals surface area (Å²) < 4.78 is 0. The Morgan fingerprint density at radius 3 is 2.78 bits per heavy atom. The van der Waals surface area contributed by atoms with Crippen LogP contribution in [0, 0.1) is 11.8 Å². The fraction of sp³-hybridized carbons (Fsp3) is 0.778.